The number of nitro groups is 1. The summed E-state index contributed by atoms with van der Waals surface area (Å²) in [6.45, 7) is 0. The highest BCUT2D eigenvalue weighted by Crippen LogP contribution is 2.31. The first-order valence-corrected chi connectivity index (χ1v) is 8.68. The first kappa shape index (κ1) is 20.0. The van der Waals surface area contributed by atoms with Gasteiger partial charge in [0, 0.05) is 10.6 Å². The smallest absolute Gasteiger partial charge is 0.290 e. The number of anilines is 1. The number of rotatable bonds is 5. The molecule has 11 heteroatoms. The molecule has 29 heavy (non-hydrogen) atoms. The Bertz CT molecular complexity index is 1220. The van der Waals surface area contributed by atoms with Crippen LogP contribution in [0.1, 0.15) is 11.1 Å². The number of nitriles is 1. The zero-order valence-corrected chi connectivity index (χ0v) is 15.9. The number of nitrogens with zero attached hydrogens (tertiary/aromatic N) is 4. The molecule has 0 aliphatic rings. The van der Waals surface area contributed by atoms with Crippen molar-refractivity contribution in [3.63, 3.8) is 0 Å². The molecule has 0 radical (unpaired) electrons. The summed E-state index contributed by atoms with van der Waals surface area (Å²) < 4.78 is 0. The van der Waals surface area contributed by atoms with Gasteiger partial charge in [0.2, 0.25) is 5.95 Å². The van der Waals surface area contributed by atoms with Gasteiger partial charge in [0.15, 0.2) is 0 Å². The van der Waals surface area contributed by atoms with E-state index in [2.05, 4.69) is 20.5 Å². The van der Waals surface area contributed by atoms with Crippen LogP contribution in [0.3, 0.4) is 0 Å². The lowest BCUT2D eigenvalue weighted by Crippen LogP contribution is -2.16. The number of H-pyrrole nitrogens is 1. The third-order valence-electron chi connectivity index (χ3n) is 3.69. The quantitative estimate of drug-likeness (QED) is 0.358. The molecular weight excluding hydrogens is 419 g/mol. The third kappa shape index (κ3) is 4.40. The Kier molecular flexibility index (Phi) is 5.87. The van der Waals surface area contributed by atoms with E-state index in [4.69, 9.17) is 23.2 Å². The fraction of sp³-hybridized carbons (Fsp3) is 0. The molecule has 3 aromatic rings. The molecule has 1 heterocycles. The van der Waals surface area contributed by atoms with Crippen LogP contribution in [0.25, 0.3) is 11.3 Å². The Morgan fingerprint density at radius 2 is 2.00 bits per heavy atom. The number of aromatic nitrogens is 2. The molecule has 0 atom stereocenters. The fourth-order valence-corrected chi connectivity index (χ4v) is 3.05. The molecule has 2 aromatic carbocycles. The molecule has 0 bridgehead atoms. The summed E-state index contributed by atoms with van der Waals surface area (Å²) in [6.07, 6.45) is 1.12. The van der Waals surface area contributed by atoms with Crippen molar-refractivity contribution in [1.82, 2.24) is 9.97 Å². The molecule has 0 saturated heterocycles. The standard InChI is InChI=1S/C18H10Cl2N6O3/c19-12-6-11(16(26(28)29)14(20)7-12)9-22-25-18-23-15(10-4-2-1-3-5-10)13(8-21)17(27)24-18/h1-7,9H,(H2,23,24,25,27). The lowest BCUT2D eigenvalue weighted by atomic mass is 10.1. The monoisotopic (exact) mass is 428 g/mol. The molecule has 0 aliphatic carbocycles. The van der Waals surface area contributed by atoms with Crippen LogP contribution < -0.4 is 11.0 Å². The zero-order valence-electron chi connectivity index (χ0n) is 14.4. The molecule has 0 fully saturated rings. The van der Waals surface area contributed by atoms with Crippen LogP contribution in [0, 0.1) is 21.4 Å². The average molecular weight is 429 g/mol. The molecule has 1 aromatic heterocycles. The Morgan fingerprint density at radius 1 is 1.28 bits per heavy atom. The molecule has 144 valence electrons. The summed E-state index contributed by atoms with van der Waals surface area (Å²) in [5.41, 5.74) is 2.11. The van der Waals surface area contributed by atoms with Gasteiger partial charge < -0.3 is 0 Å². The zero-order chi connectivity index (χ0) is 21.0. The molecule has 9 nitrogen and oxygen atoms in total. The molecule has 0 saturated carbocycles. The summed E-state index contributed by atoms with van der Waals surface area (Å²) in [5, 5.41) is 24.4. The molecular formula is C18H10Cl2N6O3. The van der Waals surface area contributed by atoms with Crippen molar-refractivity contribution in [2.75, 3.05) is 5.43 Å². The van der Waals surface area contributed by atoms with Crippen LogP contribution >= 0.6 is 23.2 Å². The van der Waals surface area contributed by atoms with Crippen LogP contribution in [-0.2, 0) is 0 Å². The third-order valence-corrected chi connectivity index (χ3v) is 4.20. The van der Waals surface area contributed by atoms with Crippen molar-refractivity contribution >= 4 is 41.1 Å². The van der Waals surface area contributed by atoms with Crippen molar-refractivity contribution in [3.05, 3.63) is 84.1 Å². The molecule has 0 unspecified atom stereocenters. The van der Waals surface area contributed by atoms with Crippen molar-refractivity contribution < 1.29 is 4.92 Å². The predicted molar refractivity (Wildman–Crippen MR) is 109 cm³/mol. The van der Waals surface area contributed by atoms with Gasteiger partial charge in [0.25, 0.3) is 11.2 Å². The second kappa shape index (κ2) is 8.52. The lowest BCUT2D eigenvalue weighted by Gasteiger charge is -2.06. The van der Waals surface area contributed by atoms with Gasteiger partial charge in [-0.15, -0.1) is 0 Å². The van der Waals surface area contributed by atoms with Gasteiger partial charge in [-0.1, -0.05) is 53.5 Å². The van der Waals surface area contributed by atoms with E-state index in [1.54, 1.807) is 30.3 Å². The van der Waals surface area contributed by atoms with E-state index >= 15 is 0 Å². The van der Waals surface area contributed by atoms with Crippen LogP contribution in [0.2, 0.25) is 10.0 Å². The highest BCUT2D eigenvalue weighted by molar-refractivity contribution is 6.36. The SMILES string of the molecule is N#Cc1c(-c2ccccc2)nc(NN=Cc2cc(Cl)cc(Cl)c2[N+](=O)[O-])[nH]c1=O. The summed E-state index contributed by atoms with van der Waals surface area (Å²) in [5.74, 6) is -0.0557. The predicted octanol–water partition coefficient (Wildman–Crippen LogP) is 3.97. The highest BCUT2D eigenvalue weighted by Gasteiger charge is 2.19. The molecule has 0 amide bonds. The Labute approximate surface area is 173 Å². The van der Waals surface area contributed by atoms with Crippen LogP contribution in [0.4, 0.5) is 11.6 Å². The number of benzene rings is 2. The summed E-state index contributed by atoms with van der Waals surface area (Å²) in [7, 11) is 0. The lowest BCUT2D eigenvalue weighted by molar-refractivity contribution is -0.384. The van der Waals surface area contributed by atoms with E-state index in [1.165, 1.54) is 12.1 Å². The number of halogens is 2. The van der Waals surface area contributed by atoms with Crippen molar-refractivity contribution in [2.45, 2.75) is 0 Å². The van der Waals surface area contributed by atoms with E-state index in [1.807, 2.05) is 6.07 Å². The van der Waals surface area contributed by atoms with Gasteiger partial charge in [-0.05, 0) is 12.1 Å². The first-order valence-electron chi connectivity index (χ1n) is 7.93. The van der Waals surface area contributed by atoms with Gasteiger partial charge >= 0.3 is 0 Å². The minimum Gasteiger partial charge on any atom is -0.290 e. The van der Waals surface area contributed by atoms with Gasteiger partial charge in [0.05, 0.1) is 22.4 Å². The van der Waals surface area contributed by atoms with E-state index < -0.39 is 10.5 Å². The number of nitro benzene ring substituents is 1. The largest absolute Gasteiger partial charge is 0.296 e. The Balaban J connectivity index is 1.97. The number of aromatic amines is 1. The number of nitrogens with one attached hydrogen (secondary N) is 2. The maximum atomic E-state index is 12.2. The summed E-state index contributed by atoms with van der Waals surface area (Å²) in [6, 6.07) is 13.1. The van der Waals surface area contributed by atoms with E-state index in [0.717, 1.165) is 6.21 Å². The highest BCUT2D eigenvalue weighted by atomic mass is 35.5. The van der Waals surface area contributed by atoms with Crippen molar-refractivity contribution in [1.29, 1.82) is 5.26 Å². The normalized spacial score (nSPS) is 10.7. The Morgan fingerprint density at radius 3 is 2.66 bits per heavy atom. The fourth-order valence-electron chi connectivity index (χ4n) is 2.47. The second-order valence-electron chi connectivity index (χ2n) is 5.57. The number of hydrazone groups is 1. The van der Waals surface area contributed by atoms with Crippen LogP contribution in [0.15, 0.2) is 52.4 Å². The molecule has 0 spiro atoms. The maximum Gasteiger partial charge on any atom is 0.296 e. The van der Waals surface area contributed by atoms with Crippen molar-refractivity contribution in [3.8, 4) is 17.3 Å². The van der Waals surface area contributed by atoms with E-state index in [-0.39, 0.29) is 38.5 Å². The molecule has 0 aliphatic heterocycles. The van der Waals surface area contributed by atoms with Gasteiger partial charge in [-0.3, -0.25) is 19.9 Å². The van der Waals surface area contributed by atoms with Crippen LogP contribution in [-0.4, -0.2) is 21.1 Å². The number of hydrogen-bond acceptors (Lipinski definition) is 7. The minimum absolute atomic E-state index is 0.0549. The van der Waals surface area contributed by atoms with Gasteiger partial charge in [0.1, 0.15) is 16.7 Å². The van der Waals surface area contributed by atoms with E-state index in [9.17, 15) is 20.2 Å². The van der Waals surface area contributed by atoms with Crippen molar-refractivity contribution in [2.24, 2.45) is 5.10 Å². The topological polar surface area (TPSA) is 137 Å². The van der Waals surface area contributed by atoms with Crippen LogP contribution in [0.5, 0.6) is 0 Å². The minimum atomic E-state index is -0.657. The maximum absolute atomic E-state index is 12.2. The average Bonchev–Trinajstić information content (AvgIpc) is 2.67. The Hall–Kier alpha value is -3.74. The molecule has 2 N–H and O–H groups in total. The van der Waals surface area contributed by atoms with E-state index in [0.29, 0.717) is 5.56 Å². The summed E-state index contributed by atoms with van der Waals surface area (Å²) >= 11 is 11.8. The second-order valence-corrected chi connectivity index (χ2v) is 6.41. The molecule has 3 rings (SSSR count). The summed E-state index contributed by atoms with van der Waals surface area (Å²) in [4.78, 5) is 29.3. The first-order chi connectivity index (χ1) is 13.9. The van der Waals surface area contributed by atoms with Gasteiger partial charge in [-0.25, -0.2) is 10.4 Å². The van der Waals surface area contributed by atoms with Gasteiger partial charge in [-0.2, -0.15) is 10.4 Å². The number of hydrogen-bond donors (Lipinski definition) is 2.